The van der Waals surface area contributed by atoms with Gasteiger partial charge in [0, 0.05) is 13.1 Å². The van der Waals surface area contributed by atoms with E-state index in [1.54, 1.807) is 11.3 Å². The lowest BCUT2D eigenvalue weighted by molar-refractivity contribution is -0.151. The molecule has 0 saturated carbocycles. The third kappa shape index (κ3) is 3.49. The van der Waals surface area contributed by atoms with E-state index in [9.17, 15) is 5.11 Å². The van der Waals surface area contributed by atoms with Crippen LogP contribution in [0.15, 0.2) is 22.0 Å². The van der Waals surface area contributed by atoms with Gasteiger partial charge in [0.05, 0.1) is 29.7 Å². The number of hydrogen-bond donors (Lipinski definition) is 1. The van der Waals surface area contributed by atoms with E-state index in [1.165, 1.54) is 0 Å². The summed E-state index contributed by atoms with van der Waals surface area (Å²) in [6, 6.07) is 3.92. The van der Waals surface area contributed by atoms with Crippen LogP contribution in [0.3, 0.4) is 0 Å². The summed E-state index contributed by atoms with van der Waals surface area (Å²) in [5.41, 5.74) is -0.286. The molecule has 7 heteroatoms. The fraction of sp³-hybridized carbons (Fsp3) is 0.571. The highest BCUT2D eigenvalue weighted by Gasteiger charge is 2.33. The molecule has 0 amide bonds. The molecule has 1 saturated heterocycles. The van der Waals surface area contributed by atoms with Gasteiger partial charge in [0.25, 0.3) is 5.89 Å². The third-order valence-electron chi connectivity index (χ3n) is 3.32. The van der Waals surface area contributed by atoms with Crippen LogP contribution in [-0.4, -0.2) is 51.5 Å². The molecular formula is C14H19N3O3S. The predicted molar refractivity (Wildman–Crippen MR) is 78.9 cm³/mol. The first-order valence-electron chi connectivity index (χ1n) is 6.93. The molecule has 1 N–H and O–H groups in total. The minimum atomic E-state index is -0.286. The summed E-state index contributed by atoms with van der Waals surface area (Å²) >= 11 is 1.58. The van der Waals surface area contributed by atoms with Crippen LogP contribution in [0.25, 0.3) is 10.8 Å². The normalized spacial score (nSPS) is 22.5. The van der Waals surface area contributed by atoms with E-state index in [1.807, 2.05) is 31.4 Å². The average molecular weight is 309 g/mol. The smallest absolute Gasteiger partial charge is 0.268 e. The van der Waals surface area contributed by atoms with Crippen molar-refractivity contribution in [3.05, 3.63) is 23.3 Å². The van der Waals surface area contributed by atoms with Crippen molar-refractivity contribution >= 4 is 11.3 Å². The Bertz CT molecular complexity index is 582. The molecule has 1 aliphatic rings. The summed E-state index contributed by atoms with van der Waals surface area (Å²) in [7, 11) is 0. The van der Waals surface area contributed by atoms with Gasteiger partial charge in [-0.3, -0.25) is 4.90 Å². The summed E-state index contributed by atoms with van der Waals surface area (Å²) in [6.07, 6.45) is -0.169. The van der Waals surface area contributed by atoms with E-state index in [0.29, 0.717) is 24.8 Å². The van der Waals surface area contributed by atoms with E-state index in [2.05, 4.69) is 15.0 Å². The van der Waals surface area contributed by atoms with Gasteiger partial charge in [-0.05, 0) is 25.3 Å². The van der Waals surface area contributed by atoms with Gasteiger partial charge in [0.1, 0.15) is 0 Å². The fourth-order valence-electron chi connectivity index (χ4n) is 2.65. The van der Waals surface area contributed by atoms with Crippen LogP contribution < -0.4 is 0 Å². The predicted octanol–water partition coefficient (Wildman–Crippen LogP) is 1.77. The molecule has 0 aliphatic carbocycles. The molecule has 0 spiro atoms. The van der Waals surface area contributed by atoms with E-state index < -0.39 is 0 Å². The van der Waals surface area contributed by atoms with Gasteiger partial charge in [-0.1, -0.05) is 11.2 Å². The molecule has 0 aromatic carbocycles. The highest BCUT2D eigenvalue weighted by molar-refractivity contribution is 7.13. The maximum atomic E-state index is 9.34. The minimum absolute atomic E-state index is 0.0205. The van der Waals surface area contributed by atoms with Gasteiger partial charge in [0.2, 0.25) is 0 Å². The van der Waals surface area contributed by atoms with Gasteiger partial charge in [0.15, 0.2) is 5.82 Å². The number of aromatic nitrogens is 2. The SMILES string of the molecule is CC1(C)CN(Cc2noc(-c3cccs3)n2)CC(CO)O1. The van der Waals surface area contributed by atoms with Crippen LogP contribution in [0.1, 0.15) is 19.7 Å². The number of nitrogens with zero attached hydrogens (tertiary/aromatic N) is 3. The molecule has 3 heterocycles. The second kappa shape index (κ2) is 5.84. The van der Waals surface area contributed by atoms with Crippen LogP contribution in [0.5, 0.6) is 0 Å². The molecule has 21 heavy (non-hydrogen) atoms. The lowest BCUT2D eigenvalue weighted by Crippen LogP contribution is -2.53. The molecule has 0 bridgehead atoms. The summed E-state index contributed by atoms with van der Waals surface area (Å²) in [5, 5.41) is 15.4. The van der Waals surface area contributed by atoms with E-state index in [0.717, 1.165) is 11.4 Å². The van der Waals surface area contributed by atoms with Crippen LogP contribution in [0, 0.1) is 0 Å². The van der Waals surface area contributed by atoms with Crippen molar-refractivity contribution in [1.29, 1.82) is 0 Å². The second-order valence-electron chi connectivity index (χ2n) is 5.84. The van der Waals surface area contributed by atoms with Crippen LogP contribution in [-0.2, 0) is 11.3 Å². The van der Waals surface area contributed by atoms with Gasteiger partial charge in [-0.2, -0.15) is 4.98 Å². The summed E-state index contributed by atoms with van der Waals surface area (Å²) in [4.78, 5) is 7.60. The highest BCUT2D eigenvalue weighted by Crippen LogP contribution is 2.24. The van der Waals surface area contributed by atoms with Gasteiger partial charge < -0.3 is 14.4 Å². The van der Waals surface area contributed by atoms with Crippen molar-refractivity contribution in [3.63, 3.8) is 0 Å². The van der Waals surface area contributed by atoms with Crippen molar-refractivity contribution in [3.8, 4) is 10.8 Å². The Hall–Kier alpha value is -1.28. The summed E-state index contributed by atoms with van der Waals surface area (Å²) < 4.78 is 11.1. The largest absolute Gasteiger partial charge is 0.394 e. The van der Waals surface area contributed by atoms with Crippen molar-refractivity contribution in [1.82, 2.24) is 15.0 Å². The number of ether oxygens (including phenoxy) is 1. The molecule has 2 aromatic heterocycles. The summed E-state index contributed by atoms with van der Waals surface area (Å²) in [5.74, 6) is 1.22. The van der Waals surface area contributed by atoms with Crippen molar-refractivity contribution in [2.75, 3.05) is 19.7 Å². The van der Waals surface area contributed by atoms with Crippen molar-refractivity contribution < 1.29 is 14.4 Å². The Morgan fingerprint density at radius 1 is 1.52 bits per heavy atom. The van der Waals surface area contributed by atoms with Crippen LogP contribution in [0.2, 0.25) is 0 Å². The molecule has 2 aromatic rings. The zero-order valence-corrected chi connectivity index (χ0v) is 13.0. The number of thiophene rings is 1. The molecule has 114 valence electrons. The zero-order valence-electron chi connectivity index (χ0n) is 12.2. The Morgan fingerprint density at radius 3 is 3.10 bits per heavy atom. The number of rotatable bonds is 4. The maximum absolute atomic E-state index is 9.34. The molecule has 1 aliphatic heterocycles. The lowest BCUT2D eigenvalue weighted by Gasteiger charge is -2.41. The molecule has 1 fully saturated rings. The average Bonchev–Trinajstić information content (AvgIpc) is 3.06. The minimum Gasteiger partial charge on any atom is -0.394 e. The molecule has 0 radical (unpaired) electrons. The van der Waals surface area contributed by atoms with Gasteiger partial charge in [-0.15, -0.1) is 11.3 Å². The van der Waals surface area contributed by atoms with Gasteiger partial charge in [-0.25, -0.2) is 0 Å². The Labute approximate surface area is 127 Å². The monoisotopic (exact) mass is 309 g/mol. The number of hydrogen-bond acceptors (Lipinski definition) is 7. The molecule has 3 rings (SSSR count). The fourth-order valence-corrected chi connectivity index (χ4v) is 3.30. The molecule has 1 atom stereocenters. The quantitative estimate of drug-likeness (QED) is 0.928. The standard InChI is InChI=1S/C14H19N3O3S/c1-14(2)9-17(6-10(8-18)19-14)7-12-15-13(20-16-12)11-4-3-5-21-11/h3-5,10,18H,6-9H2,1-2H3. The van der Waals surface area contributed by atoms with E-state index in [4.69, 9.17) is 9.26 Å². The van der Waals surface area contributed by atoms with Crippen molar-refractivity contribution in [2.45, 2.75) is 32.1 Å². The number of morpholine rings is 1. The first-order chi connectivity index (χ1) is 10.1. The van der Waals surface area contributed by atoms with Crippen molar-refractivity contribution in [2.24, 2.45) is 0 Å². The molecule has 6 nitrogen and oxygen atoms in total. The Kier molecular flexibility index (Phi) is 4.08. The third-order valence-corrected chi connectivity index (χ3v) is 4.18. The maximum Gasteiger partial charge on any atom is 0.268 e. The van der Waals surface area contributed by atoms with E-state index in [-0.39, 0.29) is 18.3 Å². The number of aliphatic hydroxyl groups is 1. The van der Waals surface area contributed by atoms with Gasteiger partial charge >= 0.3 is 0 Å². The Morgan fingerprint density at radius 2 is 2.38 bits per heavy atom. The second-order valence-corrected chi connectivity index (χ2v) is 6.79. The number of aliphatic hydroxyl groups excluding tert-OH is 1. The first kappa shape index (κ1) is 14.6. The highest BCUT2D eigenvalue weighted by atomic mass is 32.1. The Balaban J connectivity index is 1.68. The topological polar surface area (TPSA) is 71.6 Å². The molecular weight excluding hydrogens is 290 g/mol. The summed E-state index contributed by atoms with van der Waals surface area (Å²) in [6.45, 7) is 6.10. The molecule has 1 unspecified atom stereocenters. The lowest BCUT2D eigenvalue weighted by atomic mass is 10.1. The first-order valence-corrected chi connectivity index (χ1v) is 7.81. The zero-order chi connectivity index (χ0) is 14.9. The van der Waals surface area contributed by atoms with E-state index >= 15 is 0 Å². The van der Waals surface area contributed by atoms with Crippen LogP contribution >= 0.6 is 11.3 Å². The van der Waals surface area contributed by atoms with Crippen LogP contribution in [0.4, 0.5) is 0 Å².